The van der Waals surface area contributed by atoms with E-state index in [0.717, 1.165) is 26.5 Å². The Bertz CT molecular complexity index is 1110. The van der Waals surface area contributed by atoms with Gasteiger partial charge in [-0.25, -0.2) is 9.37 Å². The highest BCUT2D eigenvalue weighted by atomic mass is 32.1. The molecule has 1 amide bonds. The number of carbonyl (C=O) groups is 1. The van der Waals surface area contributed by atoms with Gasteiger partial charge in [0, 0.05) is 16.8 Å². The van der Waals surface area contributed by atoms with Crippen LogP contribution in [-0.4, -0.2) is 18.0 Å². The van der Waals surface area contributed by atoms with Crippen molar-refractivity contribution in [3.63, 3.8) is 0 Å². The molecule has 0 unspecified atom stereocenters. The minimum atomic E-state index is -0.371. The predicted octanol–water partition coefficient (Wildman–Crippen LogP) is 5.36. The lowest BCUT2D eigenvalue weighted by Gasteiger charge is -2.06. The zero-order valence-electron chi connectivity index (χ0n) is 14.4. The van der Waals surface area contributed by atoms with E-state index >= 15 is 0 Å². The minimum Gasteiger partial charge on any atom is -0.497 e. The third-order valence-electron chi connectivity index (χ3n) is 4.09. The quantitative estimate of drug-likeness (QED) is 0.520. The first kappa shape index (κ1) is 17.2. The van der Waals surface area contributed by atoms with Gasteiger partial charge in [0.25, 0.3) is 5.91 Å². The van der Waals surface area contributed by atoms with E-state index in [2.05, 4.69) is 10.3 Å². The molecule has 0 aliphatic carbocycles. The largest absolute Gasteiger partial charge is 0.497 e. The summed E-state index contributed by atoms with van der Waals surface area (Å²) >= 11 is 1.58. The normalized spacial score (nSPS) is 10.7. The molecule has 1 heterocycles. The maximum absolute atomic E-state index is 13.0. The summed E-state index contributed by atoms with van der Waals surface area (Å²) in [4.78, 5) is 16.8. The summed E-state index contributed by atoms with van der Waals surface area (Å²) in [6.07, 6.45) is 0. The number of hydrogen-bond acceptors (Lipinski definition) is 4. The van der Waals surface area contributed by atoms with Crippen molar-refractivity contribution in [1.29, 1.82) is 0 Å². The fourth-order valence-electron chi connectivity index (χ4n) is 2.66. The summed E-state index contributed by atoms with van der Waals surface area (Å²) in [6, 6.07) is 18.7. The van der Waals surface area contributed by atoms with Crippen LogP contribution in [0.3, 0.4) is 0 Å². The molecule has 0 aliphatic heterocycles. The number of anilines is 1. The highest BCUT2D eigenvalue weighted by Gasteiger charge is 2.09. The summed E-state index contributed by atoms with van der Waals surface area (Å²) in [7, 11) is 1.64. The van der Waals surface area contributed by atoms with E-state index in [1.165, 1.54) is 24.3 Å². The number of thiazole rings is 1. The molecule has 27 heavy (non-hydrogen) atoms. The van der Waals surface area contributed by atoms with Crippen LogP contribution in [0.2, 0.25) is 0 Å². The van der Waals surface area contributed by atoms with Crippen molar-refractivity contribution >= 4 is 33.1 Å². The number of methoxy groups -OCH3 is 1. The van der Waals surface area contributed by atoms with Crippen LogP contribution < -0.4 is 10.1 Å². The van der Waals surface area contributed by atoms with Crippen molar-refractivity contribution in [2.75, 3.05) is 12.4 Å². The van der Waals surface area contributed by atoms with Gasteiger partial charge >= 0.3 is 0 Å². The molecule has 0 radical (unpaired) electrons. The number of ether oxygens (including phenoxy) is 1. The number of hydrogen-bond donors (Lipinski definition) is 1. The van der Waals surface area contributed by atoms with Gasteiger partial charge in [-0.15, -0.1) is 11.3 Å². The Labute approximate surface area is 159 Å². The van der Waals surface area contributed by atoms with Gasteiger partial charge < -0.3 is 10.1 Å². The second-order valence-electron chi connectivity index (χ2n) is 5.89. The van der Waals surface area contributed by atoms with E-state index in [9.17, 15) is 9.18 Å². The van der Waals surface area contributed by atoms with Crippen LogP contribution in [-0.2, 0) is 0 Å². The van der Waals surface area contributed by atoms with E-state index in [-0.39, 0.29) is 11.7 Å². The Morgan fingerprint density at radius 1 is 1.04 bits per heavy atom. The number of amides is 1. The van der Waals surface area contributed by atoms with Crippen LogP contribution in [0.4, 0.5) is 10.1 Å². The monoisotopic (exact) mass is 378 g/mol. The number of nitrogens with zero attached hydrogens (tertiary/aromatic N) is 1. The van der Waals surface area contributed by atoms with Gasteiger partial charge in [0.05, 0.1) is 17.3 Å². The fraction of sp³-hybridized carbons (Fsp3) is 0.0476. The van der Waals surface area contributed by atoms with Crippen LogP contribution in [0, 0.1) is 5.82 Å². The van der Waals surface area contributed by atoms with Gasteiger partial charge in [0.15, 0.2) is 0 Å². The van der Waals surface area contributed by atoms with Crippen molar-refractivity contribution in [3.8, 4) is 16.3 Å². The molecule has 134 valence electrons. The summed E-state index contributed by atoms with van der Waals surface area (Å²) in [5.41, 5.74) is 2.95. The topological polar surface area (TPSA) is 51.2 Å². The lowest BCUT2D eigenvalue weighted by atomic mass is 10.2. The van der Waals surface area contributed by atoms with Gasteiger partial charge in [-0.1, -0.05) is 0 Å². The zero-order chi connectivity index (χ0) is 18.8. The number of nitrogens with one attached hydrogen (secondary N) is 1. The molecule has 0 spiro atoms. The third-order valence-corrected chi connectivity index (χ3v) is 5.16. The van der Waals surface area contributed by atoms with Crippen LogP contribution in [0.1, 0.15) is 10.4 Å². The number of benzene rings is 3. The number of fused-ring (bicyclic) bond motifs is 1. The minimum absolute atomic E-state index is 0.283. The first-order valence-electron chi connectivity index (χ1n) is 8.24. The van der Waals surface area contributed by atoms with E-state index in [1.807, 2.05) is 42.5 Å². The van der Waals surface area contributed by atoms with Crippen molar-refractivity contribution < 1.29 is 13.9 Å². The highest BCUT2D eigenvalue weighted by Crippen LogP contribution is 2.32. The average molecular weight is 378 g/mol. The lowest BCUT2D eigenvalue weighted by molar-refractivity contribution is 0.102. The molecule has 3 aromatic carbocycles. The molecule has 4 aromatic rings. The molecule has 0 aliphatic rings. The van der Waals surface area contributed by atoms with Crippen LogP contribution in [0.25, 0.3) is 20.8 Å². The average Bonchev–Trinajstić information content (AvgIpc) is 3.12. The lowest BCUT2D eigenvalue weighted by Crippen LogP contribution is -2.11. The van der Waals surface area contributed by atoms with Crippen LogP contribution in [0.5, 0.6) is 5.75 Å². The highest BCUT2D eigenvalue weighted by molar-refractivity contribution is 7.21. The summed E-state index contributed by atoms with van der Waals surface area (Å²) in [5.74, 6) is 0.149. The molecule has 0 saturated carbocycles. The van der Waals surface area contributed by atoms with E-state index < -0.39 is 0 Å². The van der Waals surface area contributed by atoms with Gasteiger partial charge in [0.1, 0.15) is 16.6 Å². The molecule has 0 bridgehead atoms. The smallest absolute Gasteiger partial charge is 0.255 e. The Hall–Kier alpha value is -3.25. The fourth-order valence-corrected chi connectivity index (χ4v) is 3.66. The molecule has 1 N–H and O–H groups in total. The van der Waals surface area contributed by atoms with Crippen LogP contribution >= 0.6 is 11.3 Å². The SMILES string of the molecule is COc1ccc2nc(-c3ccc(NC(=O)c4ccc(F)cc4)cc3)sc2c1. The molecule has 4 rings (SSSR count). The molecule has 6 heteroatoms. The second-order valence-corrected chi connectivity index (χ2v) is 6.92. The molecular formula is C21H15FN2O2S. The third kappa shape index (κ3) is 3.66. The number of carbonyl (C=O) groups excluding carboxylic acids is 1. The van der Waals surface area contributed by atoms with Crippen molar-refractivity contribution in [3.05, 3.63) is 78.1 Å². The van der Waals surface area contributed by atoms with Crippen molar-refractivity contribution in [1.82, 2.24) is 4.98 Å². The molecule has 0 atom stereocenters. The Morgan fingerprint density at radius 3 is 2.48 bits per heavy atom. The van der Waals surface area contributed by atoms with Crippen molar-refractivity contribution in [2.45, 2.75) is 0 Å². The first-order valence-corrected chi connectivity index (χ1v) is 9.06. The van der Waals surface area contributed by atoms with Gasteiger partial charge in [-0.3, -0.25) is 4.79 Å². The van der Waals surface area contributed by atoms with E-state index in [0.29, 0.717) is 11.3 Å². The summed E-state index contributed by atoms with van der Waals surface area (Å²) in [5, 5.41) is 3.70. The van der Waals surface area contributed by atoms with E-state index in [4.69, 9.17) is 4.74 Å². The summed E-state index contributed by atoms with van der Waals surface area (Å²) in [6.45, 7) is 0. The number of halogens is 1. The van der Waals surface area contributed by atoms with Gasteiger partial charge in [-0.05, 0) is 66.7 Å². The molecule has 0 fully saturated rings. The molecule has 0 saturated heterocycles. The maximum Gasteiger partial charge on any atom is 0.255 e. The Balaban J connectivity index is 1.53. The molecule has 4 nitrogen and oxygen atoms in total. The Kier molecular flexibility index (Phi) is 4.56. The van der Waals surface area contributed by atoms with E-state index in [1.54, 1.807) is 18.4 Å². The van der Waals surface area contributed by atoms with Crippen molar-refractivity contribution in [2.24, 2.45) is 0 Å². The number of aromatic nitrogens is 1. The summed E-state index contributed by atoms with van der Waals surface area (Å²) < 4.78 is 19.3. The maximum atomic E-state index is 13.0. The van der Waals surface area contributed by atoms with Gasteiger partial charge in [0.2, 0.25) is 0 Å². The van der Waals surface area contributed by atoms with Crippen LogP contribution in [0.15, 0.2) is 66.7 Å². The molecule has 1 aromatic heterocycles. The zero-order valence-corrected chi connectivity index (χ0v) is 15.2. The first-order chi connectivity index (χ1) is 13.1. The molecular weight excluding hydrogens is 363 g/mol. The van der Waals surface area contributed by atoms with Gasteiger partial charge in [-0.2, -0.15) is 0 Å². The predicted molar refractivity (Wildman–Crippen MR) is 106 cm³/mol. The standard InChI is InChI=1S/C21H15FN2O2S/c1-26-17-10-11-18-19(12-17)27-21(24-18)14-4-8-16(9-5-14)23-20(25)13-2-6-15(22)7-3-13/h2-12H,1H3,(H,23,25). The Morgan fingerprint density at radius 2 is 1.78 bits per heavy atom. The number of rotatable bonds is 4. The second kappa shape index (κ2) is 7.17.